The van der Waals surface area contributed by atoms with Crippen molar-refractivity contribution in [2.75, 3.05) is 6.26 Å². The van der Waals surface area contributed by atoms with Crippen LogP contribution in [0.25, 0.3) is 0 Å². The first-order valence-electron chi connectivity index (χ1n) is 5.33. The van der Waals surface area contributed by atoms with Gasteiger partial charge in [0.15, 0.2) is 0 Å². The number of nitrogens with one attached hydrogen (secondary N) is 1. The van der Waals surface area contributed by atoms with E-state index in [1.54, 1.807) is 0 Å². The van der Waals surface area contributed by atoms with Crippen molar-refractivity contribution in [3.63, 3.8) is 0 Å². The number of hydrogen-bond donors (Lipinski definition) is 1. The number of benzene rings is 1. The summed E-state index contributed by atoms with van der Waals surface area (Å²) in [5.41, 5.74) is 0.954. The van der Waals surface area contributed by atoms with Crippen molar-refractivity contribution in [1.29, 1.82) is 0 Å². The Morgan fingerprint density at radius 3 is 2.61 bits per heavy atom. The van der Waals surface area contributed by atoms with Crippen LogP contribution in [0.2, 0.25) is 0 Å². The van der Waals surface area contributed by atoms with Crippen LogP contribution in [0.5, 0.6) is 0 Å². The molecule has 1 N–H and O–H groups in total. The average molecular weight is 271 g/mol. The molecule has 0 saturated carbocycles. The van der Waals surface area contributed by atoms with Crippen LogP contribution >= 0.6 is 0 Å². The minimum Gasteiger partial charge on any atom is -0.416 e. The number of rotatable bonds is 4. The molecule has 1 aliphatic rings. The molecule has 0 aliphatic carbocycles. The summed E-state index contributed by atoms with van der Waals surface area (Å²) in [7, 11) is -3.67. The largest absolute Gasteiger partial charge is 0.416 e. The molecular formula is C11H13NO5S. The third kappa shape index (κ3) is 3.44. The van der Waals surface area contributed by atoms with Crippen molar-refractivity contribution in [1.82, 2.24) is 5.32 Å². The molecule has 1 heterocycles. The van der Waals surface area contributed by atoms with Crippen LogP contribution in [-0.2, 0) is 25.5 Å². The van der Waals surface area contributed by atoms with Crippen molar-refractivity contribution >= 4 is 16.2 Å². The van der Waals surface area contributed by atoms with Gasteiger partial charge in [-0.2, -0.15) is 8.42 Å². The first-order chi connectivity index (χ1) is 8.44. The highest BCUT2D eigenvalue weighted by atomic mass is 32.2. The van der Waals surface area contributed by atoms with Gasteiger partial charge in [-0.3, -0.25) is 0 Å². The minimum absolute atomic E-state index is 0.437. The van der Waals surface area contributed by atoms with Crippen LogP contribution in [0.4, 0.5) is 4.79 Å². The maximum absolute atomic E-state index is 11.1. The molecule has 0 bridgehead atoms. The molecule has 7 heteroatoms. The lowest BCUT2D eigenvalue weighted by Gasteiger charge is -2.15. The molecule has 0 spiro atoms. The lowest BCUT2D eigenvalue weighted by Crippen LogP contribution is -2.36. The van der Waals surface area contributed by atoms with Gasteiger partial charge in [0.1, 0.15) is 0 Å². The van der Waals surface area contributed by atoms with Crippen LogP contribution in [0, 0.1) is 0 Å². The van der Waals surface area contributed by atoms with E-state index in [9.17, 15) is 13.2 Å². The lowest BCUT2D eigenvalue weighted by atomic mass is 10.1. The molecule has 1 amide bonds. The van der Waals surface area contributed by atoms with Crippen LogP contribution < -0.4 is 5.32 Å². The zero-order valence-electron chi connectivity index (χ0n) is 9.70. The van der Waals surface area contributed by atoms with E-state index >= 15 is 0 Å². The van der Waals surface area contributed by atoms with E-state index in [2.05, 4.69) is 5.32 Å². The van der Waals surface area contributed by atoms with Gasteiger partial charge < -0.3 is 10.1 Å². The van der Waals surface area contributed by atoms with E-state index in [0.717, 1.165) is 11.8 Å². The van der Waals surface area contributed by atoms with Gasteiger partial charge in [0.25, 0.3) is 10.1 Å². The third-order valence-corrected chi connectivity index (χ3v) is 2.96. The smallest absolute Gasteiger partial charge is 0.410 e. The minimum atomic E-state index is -3.67. The second-order valence-corrected chi connectivity index (χ2v) is 5.62. The van der Waals surface area contributed by atoms with Crippen LogP contribution in [0.3, 0.4) is 0 Å². The Labute approximate surface area is 105 Å². The summed E-state index contributed by atoms with van der Waals surface area (Å²) in [6, 6.07) is 8.83. The zero-order chi connectivity index (χ0) is 13.2. The van der Waals surface area contributed by atoms with Gasteiger partial charge >= 0.3 is 6.09 Å². The predicted octanol–water partition coefficient (Wildman–Crippen LogP) is 0.640. The zero-order valence-corrected chi connectivity index (χ0v) is 10.5. The summed E-state index contributed by atoms with van der Waals surface area (Å²) in [6.45, 7) is 0. The maximum Gasteiger partial charge on any atom is 0.410 e. The first kappa shape index (κ1) is 12.8. The van der Waals surface area contributed by atoms with E-state index in [1.165, 1.54) is 0 Å². The first-order valence-corrected chi connectivity index (χ1v) is 7.15. The van der Waals surface area contributed by atoms with Gasteiger partial charge in [0, 0.05) is 0 Å². The fraction of sp³-hybridized carbons (Fsp3) is 0.364. The van der Waals surface area contributed by atoms with Crippen molar-refractivity contribution in [2.24, 2.45) is 0 Å². The summed E-state index contributed by atoms with van der Waals surface area (Å²) < 4.78 is 31.6. The molecule has 1 aliphatic heterocycles. The number of amides is 1. The predicted molar refractivity (Wildman–Crippen MR) is 63.3 cm³/mol. The highest BCUT2D eigenvalue weighted by Gasteiger charge is 2.37. The monoisotopic (exact) mass is 271 g/mol. The van der Waals surface area contributed by atoms with Gasteiger partial charge in [0.2, 0.25) is 6.29 Å². The summed E-state index contributed by atoms with van der Waals surface area (Å²) in [4.78, 5) is 11.1. The molecule has 2 atom stereocenters. The van der Waals surface area contributed by atoms with Gasteiger partial charge in [-0.05, 0) is 12.0 Å². The van der Waals surface area contributed by atoms with Crippen LogP contribution in [-0.4, -0.2) is 33.1 Å². The molecule has 0 aromatic heterocycles. The number of hydrogen-bond acceptors (Lipinski definition) is 5. The number of ether oxygens (including phenoxy) is 1. The molecule has 2 rings (SSSR count). The molecule has 0 unspecified atom stereocenters. The molecule has 98 valence electrons. The van der Waals surface area contributed by atoms with Crippen molar-refractivity contribution in [3.8, 4) is 0 Å². The molecular weight excluding hydrogens is 258 g/mol. The van der Waals surface area contributed by atoms with Gasteiger partial charge in [-0.15, -0.1) is 0 Å². The van der Waals surface area contributed by atoms with Crippen LogP contribution in [0.15, 0.2) is 30.3 Å². The highest BCUT2D eigenvalue weighted by Crippen LogP contribution is 2.16. The number of cyclic esters (lactones) is 1. The normalized spacial score (nSPS) is 23.5. The van der Waals surface area contributed by atoms with Crippen molar-refractivity contribution in [3.05, 3.63) is 35.9 Å². The molecule has 1 aromatic rings. The van der Waals surface area contributed by atoms with Gasteiger partial charge in [-0.25, -0.2) is 8.98 Å². The average Bonchev–Trinajstić information content (AvgIpc) is 2.57. The standard InChI is InChI=1S/C11H13NO5S/c1-18(14,15)17-10-9(12-11(13)16-10)7-8-5-3-2-4-6-8/h2-6,9-10H,7H2,1H3,(H,12,13)/t9-,10-/m0/s1. The Kier molecular flexibility index (Phi) is 3.53. The third-order valence-electron chi connectivity index (χ3n) is 2.42. The summed E-state index contributed by atoms with van der Waals surface area (Å²) >= 11 is 0. The second kappa shape index (κ2) is 4.95. The van der Waals surface area contributed by atoms with E-state index in [-0.39, 0.29) is 0 Å². The Morgan fingerprint density at radius 1 is 1.33 bits per heavy atom. The molecule has 1 saturated heterocycles. The van der Waals surface area contributed by atoms with E-state index in [4.69, 9.17) is 8.92 Å². The summed E-state index contributed by atoms with van der Waals surface area (Å²) in [5, 5.41) is 2.52. The molecule has 1 fully saturated rings. The number of carbonyl (C=O) groups excluding carboxylic acids is 1. The molecule has 0 radical (unpaired) electrons. The quantitative estimate of drug-likeness (QED) is 0.813. The molecule has 18 heavy (non-hydrogen) atoms. The molecule has 1 aromatic carbocycles. The highest BCUT2D eigenvalue weighted by molar-refractivity contribution is 7.86. The van der Waals surface area contributed by atoms with Crippen molar-refractivity contribution < 1.29 is 22.1 Å². The van der Waals surface area contributed by atoms with Crippen LogP contribution in [0.1, 0.15) is 5.56 Å². The topological polar surface area (TPSA) is 81.7 Å². The van der Waals surface area contributed by atoms with Crippen molar-refractivity contribution in [2.45, 2.75) is 18.8 Å². The van der Waals surface area contributed by atoms with Gasteiger partial charge in [-0.1, -0.05) is 30.3 Å². The maximum atomic E-state index is 11.1. The van der Waals surface area contributed by atoms with E-state index in [1.807, 2.05) is 30.3 Å². The second-order valence-electron chi connectivity index (χ2n) is 4.01. The van der Waals surface area contributed by atoms with E-state index in [0.29, 0.717) is 6.42 Å². The fourth-order valence-corrected chi connectivity index (χ4v) is 2.23. The Bertz CT molecular complexity index is 528. The Hall–Kier alpha value is -1.60. The number of carbonyl (C=O) groups is 1. The lowest BCUT2D eigenvalue weighted by molar-refractivity contribution is -0.00824. The Balaban J connectivity index is 2.08. The van der Waals surface area contributed by atoms with Gasteiger partial charge in [0.05, 0.1) is 12.3 Å². The fourth-order valence-electron chi connectivity index (χ4n) is 1.72. The summed E-state index contributed by atoms with van der Waals surface area (Å²) in [6.07, 6.45) is -0.441. The number of alkyl carbamates (subject to hydrolysis) is 1. The SMILES string of the molecule is CS(=O)(=O)O[C@@H]1OC(=O)N[C@H]1Cc1ccccc1. The summed E-state index contributed by atoms with van der Waals surface area (Å²) in [5.74, 6) is 0. The molecule has 6 nitrogen and oxygen atoms in total. The Morgan fingerprint density at radius 2 is 2.00 bits per heavy atom. The van der Waals surface area contributed by atoms with E-state index < -0.39 is 28.5 Å².